The van der Waals surface area contributed by atoms with Crippen molar-refractivity contribution in [3.8, 4) is 0 Å². The highest BCUT2D eigenvalue weighted by Gasteiger charge is 2.22. The van der Waals surface area contributed by atoms with E-state index in [1.54, 1.807) is 24.3 Å². The summed E-state index contributed by atoms with van der Waals surface area (Å²) in [4.78, 5) is 0.250. The van der Waals surface area contributed by atoms with Crippen molar-refractivity contribution < 1.29 is 13.2 Å². The van der Waals surface area contributed by atoms with Crippen molar-refractivity contribution in [2.45, 2.75) is 23.8 Å². The molecular weight excluding hydrogens is 310 g/mol. The number of benzene rings is 2. The highest BCUT2D eigenvalue weighted by atomic mass is 35.5. The minimum Gasteiger partial charge on any atom is -0.377 e. The Morgan fingerprint density at radius 1 is 1.19 bits per heavy atom. The largest absolute Gasteiger partial charge is 0.377 e. The fraction of sp³-hybridized carbons (Fsp3) is 0.333. The Kier molecular flexibility index (Phi) is 4.17. The van der Waals surface area contributed by atoms with Crippen LogP contribution in [0.25, 0.3) is 10.8 Å². The third kappa shape index (κ3) is 3.06. The molecule has 0 aromatic heterocycles. The van der Waals surface area contributed by atoms with E-state index in [0.717, 1.165) is 18.2 Å². The zero-order valence-electron chi connectivity index (χ0n) is 11.4. The third-order valence-electron chi connectivity index (χ3n) is 3.65. The van der Waals surface area contributed by atoms with Crippen molar-refractivity contribution in [1.82, 2.24) is 4.72 Å². The van der Waals surface area contributed by atoms with E-state index in [9.17, 15) is 8.42 Å². The predicted octanol–water partition coefficient (Wildman–Crippen LogP) is 2.95. The second kappa shape index (κ2) is 5.93. The van der Waals surface area contributed by atoms with E-state index in [1.807, 2.05) is 12.1 Å². The van der Waals surface area contributed by atoms with Gasteiger partial charge in [0.05, 0.1) is 11.0 Å². The van der Waals surface area contributed by atoms with E-state index < -0.39 is 10.0 Å². The van der Waals surface area contributed by atoms with E-state index in [-0.39, 0.29) is 11.0 Å². The van der Waals surface area contributed by atoms with E-state index in [4.69, 9.17) is 16.3 Å². The van der Waals surface area contributed by atoms with Gasteiger partial charge in [-0.05, 0) is 25.0 Å². The topological polar surface area (TPSA) is 55.4 Å². The second-order valence-corrected chi connectivity index (χ2v) is 7.22. The summed E-state index contributed by atoms with van der Waals surface area (Å²) >= 11 is 6.12. The maximum atomic E-state index is 12.5. The fourth-order valence-corrected chi connectivity index (χ4v) is 4.06. The molecule has 2 aromatic carbocycles. The lowest BCUT2D eigenvalue weighted by Gasteiger charge is -2.13. The zero-order chi connectivity index (χ0) is 14.9. The van der Waals surface area contributed by atoms with Gasteiger partial charge < -0.3 is 4.74 Å². The average molecular weight is 326 g/mol. The molecule has 0 unspecified atom stereocenters. The molecule has 0 bridgehead atoms. The Morgan fingerprint density at radius 3 is 2.67 bits per heavy atom. The smallest absolute Gasteiger partial charge is 0.241 e. The molecular formula is C15H16ClNO3S. The number of halogens is 1. The minimum atomic E-state index is -3.58. The van der Waals surface area contributed by atoms with E-state index >= 15 is 0 Å². The van der Waals surface area contributed by atoms with Gasteiger partial charge in [0.15, 0.2) is 0 Å². The molecule has 1 fully saturated rings. The monoisotopic (exact) mass is 325 g/mol. The second-order valence-electron chi connectivity index (χ2n) is 5.08. The summed E-state index contributed by atoms with van der Waals surface area (Å²) in [5, 5.41) is 1.91. The van der Waals surface area contributed by atoms with Gasteiger partial charge in [-0.2, -0.15) is 0 Å². The minimum absolute atomic E-state index is 0.0293. The van der Waals surface area contributed by atoms with Crippen molar-refractivity contribution in [3.63, 3.8) is 0 Å². The molecule has 0 spiro atoms. The number of rotatable bonds is 4. The summed E-state index contributed by atoms with van der Waals surface area (Å²) in [7, 11) is -3.58. The first-order chi connectivity index (χ1) is 10.1. The van der Waals surface area contributed by atoms with Gasteiger partial charge in [0.2, 0.25) is 10.0 Å². The summed E-state index contributed by atoms with van der Waals surface area (Å²) in [5.74, 6) is 0. The van der Waals surface area contributed by atoms with Crippen LogP contribution in [0.15, 0.2) is 41.3 Å². The predicted molar refractivity (Wildman–Crippen MR) is 83.1 cm³/mol. The number of hydrogen-bond acceptors (Lipinski definition) is 3. The van der Waals surface area contributed by atoms with Crippen LogP contribution in [0.4, 0.5) is 0 Å². The summed E-state index contributed by atoms with van der Waals surface area (Å²) in [6.45, 7) is 1.01. The van der Waals surface area contributed by atoms with Gasteiger partial charge in [0.1, 0.15) is 0 Å². The lowest BCUT2D eigenvalue weighted by Crippen LogP contribution is -2.31. The molecule has 1 aliphatic heterocycles. The van der Waals surface area contributed by atoms with Gasteiger partial charge in [0, 0.05) is 28.9 Å². The Morgan fingerprint density at radius 2 is 1.95 bits per heavy atom. The molecule has 112 valence electrons. The van der Waals surface area contributed by atoms with Crippen LogP contribution >= 0.6 is 11.6 Å². The van der Waals surface area contributed by atoms with Crippen LogP contribution in [-0.2, 0) is 14.8 Å². The highest BCUT2D eigenvalue weighted by molar-refractivity contribution is 7.89. The summed E-state index contributed by atoms with van der Waals surface area (Å²) in [6.07, 6.45) is 1.85. The molecule has 0 saturated carbocycles. The Hall–Kier alpha value is -1.14. The zero-order valence-corrected chi connectivity index (χ0v) is 13.0. The maximum Gasteiger partial charge on any atom is 0.241 e. The van der Waals surface area contributed by atoms with Crippen molar-refractivity contribution in [1.29, 1.82) is 0 Å². The van der Waals surface area contributed by atoms with Crippen LogP contribution in [0.2, 0.25) is 5.02 Å². The van der Waals surface area contributed by atoms with Crippen molar-refractivity contribution in [2.24, 2.45) is 0 Å². The van der Waals surface area contributed by atoms with Crippen LogP contribution in [0, 0.1) is 0 Å². The lowest BCUT2D eigenvalue weighted by atomic mass is 10.1. The first-order valence-corrected chi connectivity index (χ1v) is 8.72. The number of hydrogen-bond donors (Lipinski definition) is 1. The van der Waals surface area contributed by atoms with Gasteiger partial charge in [-0.1, -0.05) is 35.9 Å². The Balaban J connectivity index is 1.93. The Bertz CT molecular complexity index is 755. The van der Waals surface area contributed by atoms with Crippen LogP contribution < -0.4 is 4.72 Å². The highest BCUT2D eigenvalue weighted by Crippen LogP contribution is 2.29. The number of sulfonamides is 1. The summed E-state index contributed by atoms with van der Waals surface area (Å²) in [5.41, 5.74) is 0. The van der Waals surface area contributed by atoms with E-state index in [1.165, 1.54) is 0 Å². The number of nitrogens with one attached hydrogen (secondary N) is 1. The van der Waals surface area contributed by atoms with Crippen LogP contribution in [0.3, 0.4) is 0 Å². The molecule has 0 radical (unpaired) electrons. The van der Waals surface area contributed by atoms with Crippen molar-refractivity contribution in [2.75, 3.05) is 13.2 Å². The standard InChI is InChI=1S/C15H16ClNO3S/c16-14-7-8-15(13-6-2-1-5-12(13)14)21(18,19)17-10-11-4-3-9-20-11/h1-2,5-8,11,17H,3-4,9-10H2/t11-/m0/s1. The first kappa shape index (κ1) is 14.8. The normalized spacial score (nSPS) is 19.2. The lowest BCUT2D eigenvalue weighted by molar-refractivity contribution is 0.114. The molecule has 0 amide bonds. The van der Waals surface area contributed by atoms with Gasteiger partial charge >= 0.3 is 0 Å². The molecule has 4 nitrogen and oxygen atoms in total. The van der Waals surface area contributed by atoms with Crippen molar-refractivity contribution >= 4 is 32.4 Å². The van der Waals surface area contributed by atoms with E-state index in [0.29, 0.717) is 23.6 Å². The quantitative estimate of drug-likeness (QED) is 0.940. The number of fused-ring (bicyclic) bond motifs is 1. The molecule has 21 heavy (non-hydrogen) atoms. The molecule has 1 atom stereocenters. The third-order valence-corrected chi connectivity index (χ3v) is 5.46. The van der Waals surface area contributed by atoms with E-state index in [2.05, 4.69) is 4.72 Å². The molecule has 2 aromatic rings. The van der Waals surface area contributed by atoms with Crippen LogP contribution in [0.5, 0.6) is 0 Å². The molecule has 1 aliphatic rings. The summed E-state index contributed by atoms with van der Waals surface area (Å²) in [6, 6.07) is 10.4. The molecule has 1 N–H and O–H groups in total. The summed E-state index contributed by atoms with van der Waals surface area (Å²) < 4.78 is 33.1. The average Bonchev–Trinajstić information content (AvgIpc) is 2.99. The molecule has 1 saturated heterocycles. The SMILES string of the molecule is O=S(=O)(NC[C@@H]1CCCO1)c1ccc(Cl)c2ccccc12. The fourth-order valence-electron chi connectivity index (χ4n) is 2.55. The van der Waals surface area contributed by atoms with Crippen LogP contribution in [-0.4, -0.2) is 27.7 Å². The molecule has 3 rings (SSSR count). The van der Waals surface area contributed by atoms with Crippen molar-refractivity contribution in [3.05, 3.63) is 41.4 Å². The maximum absolute atomic E-state index is 12.5. The first-order valence-electron chi connectivity index (χ1n) is 6.86. The molecule has 0 aliphatic carbocycles. The Labute approximate surface area is 129 Å². The van der Waals surface area contributed by atoms with Gasteiger partial charge in [0.25, 0.3) is 0 Å². The van der Waals surface area contributed by atoms with Gasteiger partial charge in [-0.25, -0.2) is 13.1 Å². The number of ether oxygens (including phenoxy) is 1. The molecule has 1 heterocycles. The molecule has 6 heteroatoms. The van der Waals surface area contributed by atoms with Crippen LogP contribution in [0.1, 0.15) is 12.8 Å². The van der Waals surface area contributed by atoms with Gasteiger partial charge in [-0.15, -0.1) is 0 Å². The van der Waals surface area contributed by atoms with Gasteiger partial charge in [-0.3, -0.25) is 0 Å².